The van der Waals surface area contributed by atoms with Gasteiger partial charge in [0.2, 0.25) is 0 Å². The molecule has 4 rings (SSSR count). The van der Waals surface area contributed by atoms with Crippen LogP contribution in [0.3, 0.4) is 0 Å². The Labute approximate surface area is 166 Å². The fraction of sp³-hybridized carbons (Fsp3) is 0.0455. The van der Waals surface area contributed by atoms with Crippen LogP contribution in [0.5, 0.6) is 11.5 Å². The second-order valence-electron chi connectivity index (χ2n) is 6.28. The first-order valence-electron chi connectivity index (χ1n) is 8.81. The Morgan fingerprint density at radius 2 is 1.41 bits per heavy atom. The maximum atomic E-state index is 12.9. The number of nitrogens with zero attached hydrogens (tertiary/aromatic N) is 1. The largest absolute Gasteiger partial charge is 0.457 e. The van der Waals surface area contributed by atoms with E-state index >= 15 is 0 Å². The van der Waals surface area contributed by atoms with Crippen LogP contribution in [0.2, 0.25) is 0 Å². The summed E-state index contributed by atoms with van der Waals surface area (Å²) in [6, 6.07) is 24.0. The van der Waals surface area contributed by atoms with Crippen LogP contribution in [0.4, 0.5) is 10.5 Å². The van der Waals surface area contributed by atoms with E-state index < -0.39 is 17.6 Å². The molecule has 1 atom stereocenters. The van der Waals surface area contributed by atoms with Crippen LogP contribution < -0.4 is 10.2 Å². The summed E-state index contributed by atoms with van der Waals surface area (Å²) in [7, 11) is 0. The van der Waals surface area contributed by atoms with Gasteiger partial charge in [0.05, 0.1) is 5.69 Å². The van der Waals surface area contributed by atoms with E-state index in [0.717, 1.165) is 0 Å². The van der Waals surface area contributed by atoms with Gasteiger partial charge in [-0.25, -0.2) is 4.79 Å². The number of amides is 2. The van der Waals surface area contributed by atoms with Crippen molar-refractivity contribution in [2.75, 3.05) is 5.43 Å². The van der Waals surface area contributed by atoms with Crippen molar-refractivity contribution in [1.82, 2.24) is 5.01 Å². The zero-order chi connectivity index (χ0) is 20.3. The molecule has 0 saturated carbocycles. The highest BCUT2D eigenvalue weighted by Gasteiger charge is 2.56. The smallest absolute Gasteiger partial charge is 0.438 e. The Kier molecular flexibility index (Phi) is 4.70. The highest BCUT2D eigenvalue weighted by molar-refractivity contribution is 6.12. The van der Waals surface area contributed by atoms with Gasteiger partial charge in [0.15, 0.2) is 6.29 Å². The molecule has 144 valence electrons. The Balaban J connectivity index is 1.58. The third-order valence-electron chi connectivity index (χ3n) is 4.39. The number of carbonyl (C=O) groups excluding carboxylic acids is 3. The van der Waals surface area contributed by atoms with Crippen molar-refractivity contribution in [3.8, 4) is 11.5 Å². The van der Waals surface area contributed by atoms with Gasteiger partial charge in [-0.3, -0.25) is 15.0 Å². The Hall–Kier alpha value is -4.13. The number of hydrazine groups is 1. The molecule has 0 radical (unpaired) electrons. The fourth-order valence-electron chi connectivity index (χ4n) is 2.93. The number of hydrogen-bond donors (Lipinski definition) is 1. The lowest BCUT2D eigenvalue weighted by atomic mass is 9.94. The predicted molar refractivity (Wildman–Crippen MR) is 104 cm³/mol. The van der Waals surface area contributed by atoms with Crippen molar-refractivity contribution >= 4 is 24.0 Å². The number of benzene rings is 3. The van der Waals surface area contributed by atoms with Gasteiger partial charge >= 0.3 is 12.0 Å². The van der Waals surface area contributed by atoms with E-state index in [2.05, 4.69) is 5.43 Å². The van der Waals surface area contributed by atoms with E-state index in [1.165, 1.54) is 12.1 Å². The first-order chi connectivity index (χ1) is 14.1. The third kappa shape index (κ3) is 3.41. The molecule has 0 spiro atoms. The van der Waals surface area contributed by atoms with Crippen molar-refractivity contribution in [1.29, 1.82) is 0 Å². The topological polar surface area (TPSA) is 84.9 Å². The van der Waals surface area contributed by atoms with Gasteiger partial charge in [0, 0.05) is 5.56 Å². The minimum absolute atomic E-state index is 0.226. The average Bonchev–Trinajstić information content (AvgIpc) is 3.01. The average molecular weight is 388 g/mol. The minimum Gasteiger partial charge on any atom is -0.457 e. The summed E-state index contributed by atoms with van der Waals surface area (Å²) < 4.78 is 10.9. The molecular weight excluding hydrogens is 372 g/mol. The van der Waals surface area contributed by atoms with Crippen LogP contribution >= 0.6 is 0 Å². The molecule has 1 unspecified atom stereocenters. The Bertz CT molecular complexity index is 1040. The maximum Gasteiger partial charge on any atom is 0.438 e. The first-order valence-corrected chi connectivity index (χ1v) is 8.81. The van der Waals surface area contributed by atoms with Crippen LogP contribution in [0.25, 0.3) is 0 Å². The van der Waals surface area contributed by atoms with Gasteiger partial charge in [0.25, 0.3) is 5.60 Å². The number of aldehydes is 1. The second-order valence-corrected chi connectivity index (χ2v) is 6.28. The minimum atomic E-state index is -2.05. The van der Waals surface area contributed by atoms with Gasteiger partial charge in [-0.2, -0.15) is 0 Å². The van der Waals surface area contributed by atoms with Crippen molar-refractivity contribution < 1.29 is 23.9 Å². The SMILES string of the molecule is O=CC1(c2ccc(Oc3ccccc3)cc2)OC(=O)N(Nc2ccccc2)C1=O. The lowest BCUT2D eigenvalue weighted by Crippen LogP contribution is -2.42. The summed E-state index contributed by atoms with van der Waals surface area (Å²) in [6.07, 6.45) is -0.636. The quantitative estimate of drug-likeness (QED) is 0.510. The van der Waals surface area contributed by atoms with E-state index in [1.54, 1.807) is 54.6 Å². The van der Waals surface area contributed by atoms with Gasteiger partial charge < -0.3 is 9.47 Å². The van der Waals surface area contributed by atoms with Gasteiger partial charge in [-0.15, -0.1) is 5.01 Å². The van der Waals surface area contributed by atoms with Crippen molar-refractivity contribution in [2.45, 2.75) is 5.60 Å². The molecular formula is C22H16N2O5. The number of nitrogens with one attached hydrogen (secondary N) is 1. The number of hydrogen-bond acceptors (Lipinski definition) is 6. The van der Waals surface area contributed by atoms with Gasteiger partial charge in [-0.05, 0) is 36.4 Å². The summed E-state index contributed by atoms with van der Waals surface area (Å²) in [5, 5.41) is 0.693. The van der Waals surface area contributed by atoms with Crippen molar-refractivity contribution in [3.05, 3.63) is 90.5 Å². The standard InChI is InChI=1S/C22H16N2O5/c25-15-22(16-11-13-19(14-12-16)28-18-9-5-2-6-10-18)20(26)24(21(27)29-22)23-17-7-3-1-4-8-17/h1-15,23H. The lowest BCUT2D eigenvalue weighted by Gasteiger charge is -2.19. The molecule has 1 heterocycles. The summed E-state index contributed by atoms with van der Waals surface area (Å²) >= 11 is 0. The predicted octanol–water partition coefficient (Wildman–Crippen LogP) is 3.88. The van der Waals surface area contributed by atoms with E-state index in [0.29, 0.717) is 28.5 Å². The van der Waals surface area contributed by atoms with E-state index in [9.17, 15) is 14.4 Å². The van der Waals surface area contributed by atoms with E-state index in [4.69, 9.17) is 9.47 Å². The third-order valence-corrected chi connectivity index (χ3v) is 4.39. The summed E-state index contributed by atoms with van der Waals surface area (Å²) in [6.45, 7) is 0. The molecule has 3 aromatic carbocycles. The Morgan fingerprint density at radius 1 is 0.828 bits per heavy atom. The number of cyclic esters (lactones) is 1. The Morgan fingerprint density at radius 3 is 2.03 bits per heavy atom. The van der Waals surface area contributed by atoms with Gasteiger partial charge in [0.1, 0.15) is 11.5 Å². The number of carbonyl (C=O) groups is 3. The van der Waals surface area contributed by atoms with E-state index in [1.807, 2.05) is 18.2 Å². The molecule has 1 aliphatic heterocycles. The molecule has 1 N–H and O–H groups in total. The van der Waals surface area contributed by atoms with Crippen LogP contribution in [0.1, 0.15) is 5.56 Å². The van der Waals surface area contributed by atoms with Crippen LogP contribution in [0, 0.1) is 0 Å². The molecule has 7 heteroatoms. The maximum absolute atomic E-state index is 12.9. The highest BCUT2D eigenvalue weighted by Crippen LogP contribution is 2.34. The zero-order valence-electron chi connectivity index (χ0n) is 15.1. The fourth-order valence-corrected chi connectivity index (χ4v) is 2.93. The second kappa shape index (κ2) is 7.47. The molecule has 1 saturated heterocycles. The van der Waals surface area contributed by atoms with Gasteiger partial charge in [-0.1, -0.05) is 48.5 Å². The molecule has 0 bridgehead atoms. The molecule has 29 heavy (non-hydrogen) atoms. The van der Waals surface area contributed by atoms with Crippen LogP contribution in [-0.4, -0.2) is 23.3 Å². The number of rotatable bonds is 6. The van der Waals surface area contributed by atoms with Crippen molar-refractivity contribution in [2.24, 2.45) is 0 Å². The molecule has 1 fully saturated rings. The molecule has 1 aliphatic rings. The number of anilines is 1. The van der Waals surface area contributed by atoms with Crippen LogP contribution in [0.15, 0.2) is 84.9 Å². The van der Waals surface area contributed by atoms with Crippen molar-refractivity contribution in [3.63, 3.8) is 0 Å². The molecule has 3 aromatic rings. The summed E-state index contributed by atoms with van der Waals surface area (Å²) in [5.41, 5.74) is 1.35. The molecule has 0 aliphatic carbocycles. The zero-order valence-corrected chi connectivity index (χ0v) is 15.1. The summed E-state index contributed by atoms with van der Waals surface area (Å²) in [4.78, 5) is 37.1. The lowest BCUT2D eigenvalue weighted by molar-refractivity contribution is -0.142. The molecule has 2 amide bonds. The van der Waals surface area contributed by atoms with E-state index in [-0.39, 0.29) is 5.56 Å². The number of ether oxygens (including phenoxy) is 2. The van der Waals surface area contributed by atoms with Crippen LogP contribution in [-0.2, 0) is 19.9 Å². The number of imide groups is 1. The monoisotopic (exact) mass is 388 g/mol. The normalized spacial score (nSPS) is 18.3. The molecule has 7 nitrogen and oxygen atoms in total. The molecule has 0 aromatic heterocycles. The highest BCUT2D eigenvalue weighted by atomic mass is 16.6. The number of para-hydroxylation sites is 2. The first kappa shape index (κ1) is 18.2. The summed E-state index contributed by atoms with van der Waals surface area (Å²) in [5.74, 6) is 0.335.